The highest BCUT2D eigenvalue weighted by molar-refractivity contribution is 6.30. The van der Waals surface area contributed by atoms with Crippen molar-refractivity contribution in [3.8, 4) is 5.69 Å². The summed E-state index contributed by atoms with van der Waals surface area (Å²) in [6, 6.07) is 6.87. The number of nitrogens with two attached hydrogens (primary N) is 1. The zero-order chi connectivity index (χ0) is 10.1. The quantitative estimate of drug-likeness (QED) is 0.746. The van der Waals surface area contributed by atoms with Crippen LogP contribution in [-0.2, 0) is 0 Å². The van der Waals surface area contributed by atoms with Gasteiger partial charge in [0, 0.05) is 11.2 Å². The largest absolute Gasteiger partial charge is 0.383 e. The lowest BCUT2D eigenvalue weighted by atomic mass is 10.3. The molecule has 3 N–H and O–H groups in total. The summed E-state index contributed by atoms with van der Waals surface area (Å²) in [5.41, 5.74) is 6.04. The van der Waals surface area contributed by atoms with Gasteiger partial charge in [-0.3, -0.25) is 0 Å². The van der Waals surface area contributed by atoms with Gasteiger partial charge in [0.25, 0.3) is 0 Å². The Labute approximate surface area is 84.9 Å². The van der Waals surface area contributed by atoms with Gasteiger partial charge >= 0.3 is 5.69 Å². The lowest BCUT2D eigenvalue weighted by Crippen LogP contribution is -2.16. The Balaban J connectivity index is 2.60. The summed E-state index contributed by atoms with van der Waals surface area (Å²) >= 11 is 5.73. The molecule has 0 saturated heterocycles. The Bertz CT molecular complexity index is 498. The van der Waals surface area contributed by atoms with Crippen molar-refractivity contribution in [2.45, 2.75) is 0 Å². The van der Waals surface area contributed by atoms with Crippen LogP contribution in [0.5, 0.6) is 0 Å². The second-order valence-electron chi connectivity index (χ2n) is 2.83. The van der Waals surface area contributed by atoms with Gasteiger partial charge in [0.15, 0.2) is 0 Å². The van der Waals surface area contributed by atoms with E-state index in [1.54, 1.807) is 24.3 Å². The molecule has 14 heavy (non-hydrogen) atoms. The van der Waals surface area contributed by atoms with Crippen LogP contribution in [0.3, 0.4) is 0 Å². The fourth-order valence-electron chi connectivity index (χ4n) is 1.24. The normalized spacial score (nSPS) is 10.4. The summed E-state index contributed by atoms with van der Waals surface area (Å²) in [7, 11) is 0. The van der Waals surface area contributed by atoms with Crippen molar-refractivity contribution in [1.29, 1.82) is 0 Å². The highest BCUT2D eigenvalue weighted by Gasteiger charge is 2.04. The van der Waals surface area contributed by atoms with E-state index in [4.69, 9.17) is 17.3 Å². The van der Waals surface area contributed by atoms with Crippen molar-refractivity contribution in [2.75, 3.05) is 5.73 Å². The van der Waals surface area contributed by atoms with E-state index in [2.05, 4.69) is 4.98 Å². The van der Waals surface area contributed by atoms with Crippen molar-refractivity contribution in [1.82, 2.24) is 9.55 Å². The van der Waals surface area contributed by atoms with Crippen molar-refractivity contribution < 1.29 is 0 Å². The number of hydrogen-bond donors (Lipinski definition) is 2. The molecule has 2 rings (SSSR count). The number of halogens is 1. The second kappa shape index (κ2) is 3.23. The lowest BCUT2D eigenvalue weighted by molar-refractivity contribution is 0.996. The molecular formula is C9H8ClN3O. The molecular weight excluding hydrogens is 202 g/mol. The van der Waals surface area contributed by atoms with E-state index >= 15 is 0 Å². The van der Waals surface area contributed by atoms with E-state index in [0.717, 1.165) is 0 Å². The van der Waals surface area contributed by atoms with Gasteiger partial charge in [-0.1, -0.05) is 11.6 Å². The first kappa shape index (κ1) is 8.90. The number of anilines is 1. The Morgan fingerprint density at radius 1 is 1.29 bits per heavy atom. The smallest absolute Gasteiger partial charge is 0.331 e. The van der Waals surface area contributed by atoms with Crippen molar-refractivity contribution in [2.24, 2.45) is 0 Å². The predicted molar refractivity (Wildman–Crippen MR) is 55.8 cm³/mol. The fourth-order valence-corrected chi connectivity index (χ4v) is 1.36. The maximum Gasteiger partial charge on any atom is 0.331 e. The number of hydrogen-bond acceptors (Lipinski definition) is 2. The molecule has 0 fully saturated rings. The molecule has 0 amide bonds. The predicted octanol–water partition coefficient (Wildman–Crippen LogP) is 1.40. The van der Waals surface area contributed by atoms with E-state index in [-0.39, 0.29) is 5.69 Å². The van der Waals surface area contributed by atoms with Gasteiger partial charge < -0.3 is 10.7 Å². The van der Waals surface area contributed by atoms with E-state index in [1.165, 1.54) is 10.8 Å². The number of imidazole rings is 1. The maximum absolute atomic E-state index is 11.3. The van der Waals surface area contributed by atoms with E-state index in [1.807, 2.05) is 0 Å². The monoisotopic (exact) mass is 209 g/mol. The van der Waals surface area contributed by atoms with Gasteiger partial charge in [-0.25, -0.2) is 9.36 Å². The molecule has 1 aromatic heterocycles. The number of H-pyrrole nitrogens is 1. The molecule has 0 spiro atoms. The molecule has 5 heteroatoms. The van der Waals surface area contributed by atoms with Crippen LogP contribution in [0, 0.1) is 0 Å². The van der Waals surface area contributed by atoms with Crippen LogP contribution in [0.4, 0.5) is 5.82 Å². The van der Waals surface area contributed by atoms with Crippen molar-refractivity contribution in [3.63, 3.8) is 0 Å². The van der Waals surface area contributed by atoms with Crippen LogP contribution in [0.1, 0.15) is 0 Å². The molecule has 4 nitrogen and oxygen atoms in total. The molecule has 72 valence electrons. The molecule has 0 unspecified atom stereocenters. The van der Waals surface area contributed by atoms with E-state index in [9.17, 15) is 4.79 Å². The van der Waals surface area contributed by atoms with Crippen molar-refractivity contribution in [3.05, 3.63) is 46.0 Å². The van der Waals surface area contributed by atoms with Gasteiger partial charge in [-0.05, 0) is 24.3 Å². The number of nitrogens with one attached hydrogen (secondary N) is 1. The SMILES string of the molecule is Nc1c[nH]c(=O)n1-c1ccc(Cl)cc1. The van der Waals surface area contributed by atoms with E-state index in [0.29, 0.717) is 16.5 Å². The van der Waals surface area contributed by atoms with Gasteiger partial charge in [-0.15, -0.1) is 0 Å². The third kappa shape index (κ3) is 1.40. The Morgan fingerprint density at radius 2 is 1.93 bits per heavy atom. The standard InChI is InChI=1S/C9H8ClN3O/c10-6-1-3-7(4-2-6)13-8(11)5-12-9(13)14/h1-5H,11H2,(H,12,14). The topological polar surface area (TPSA) is 63.8 Å². The zero-order valence-electron chi connectivity index (χ0n) is 7.20. The van der Waals surface area contributed by atoms with Gasteiger partial charge in [-0.2, -0.15) is 0 Å². The van der Waals surface area contributed by atoms with Crippen LogP contribution < -0.4 is 11.4 Å². The third-order valence-electron chi connectivity index (χ3n) is 1.89. The second-order valence-corrected chi connectivity index (χ2v) is 3.27. The first-order chi connectivity index (χ1) is 6.68. The first-order valence-electron chi connectivity index (χ1n) is 4.00. The summed E-state index contributed by atoms with van der Waals surface area (Å²) in [6.07, 6.45) is 1.46. The zero-order valence-corrected chi connectivity index (χ0v) is 7.95. The highest BCUT2D eigenvalue weighted by Crippen LogP contribution is 2.13. The van der Waals surface area contributed by atoms with Gasteiger partial charge in [0.1, 0.15) is 5.82 Å². The average Bonchev–Trinajstić information content (AvgIpc) is 2.49. The summed E-state index contributed by atoms with van der Waals surface area (Å²) in [5, 5.41) is 0.621. The van der Waals surface area contributed by atoms with Gasteiger partial charge in [0.2, 0.25) is 0 Å². The number of rotatable bonds is 1. The molecule has 2 aromatic rings. The minimum atomic E-state index is -0.259. The molecule has 0 radical (unpaired) electrons. The average molecular weight is 210 g/mol. The summed E-state index contributed by atoms with van der Waals surface area (Å²) < 4.78 is 1.37. The van der Waals surface area contributed by atoms with Crippen LogP contribution >= 0.6 is 11.6 Å². The first-order valence-corrected chi connectivity index (χ1v) is 4.38. The van der Waals surface area contributed by atoms with Crippen LogP contribution in [0.2, 0.25) is 5.02 Å². The molecule has 0 aliphatic rings. The molecule has 1 heterocycles. The Kier molecular flexibility index (Phi) is 2.05. The molecule has 1 aromatic carbocycles. The Hall–Kier alpha value is -1.68. The Morgan fingerprint density at radius 3 is 2.43 bits per heavy atom. The van der Waals surface area contributed by atoms with Crippen LogP contribution in [0.25, 0.3) is 5.69 Å². The number of aromatic nitrogens is 2. The fraction of sp³-hybridized carbons (Fsp3) is 0. The van der Waals surface area contributed by atoms with E-state index < -0.39 is 0 Å². The van der Waals surface area contributed by atoms with Gasteiger partial charge in [0.05, 0.1) is 5.69 Å². The summed E-state index contributed by atoms with van der Waals surface area (Å²) in [5.74, 6) is 0.373. The minimum Gasteiger partial charge on any atom is -0.383 e. The molecule has 0 aliphatic heterocycles. The summed E-state index contributed by atoms with van der Waals surface area (Å²) in [6.45, 7) is 0. The number of nitrogen functional groups attached to an aromatic ring is 1. The van der Waals surface area contributed by atoms with Crippen LogP contribution in [0.15, 0.2) is 35.3 Å². The number of benzene rings is 1. The lowest BCUT2D eigenvalue weighted by Gasteiger charge is -2.02. The molecule has 0 saturated carbocycles. The number of nitrogens with zero attached hydrogens (tertiary/aromatic N) is 1. The molecule has 0 aliphatic carbocycles. The molecule has 0 bridgehead atoms. The van der Waals surface area contributed by atoms with Crippen LogP contribution in [-0.4, -0.2) is 9.55 Å². The summed E-state index contributed by atoms with van der Waals surface area (Å²) in [4.78, 5) is 13.8. The third-order valence-corrected chi connectivity index (χ3v) is 2.14. The number of aromatic amines is 1. The highest BCUT2D eigenvalue weighted by atomic mass is 35.5. The molecule has 0 atom stereocenters. The van der Waals surface area contributed by atoms with Crippen molar-refractivity contribution >= 4 is 17.4 Å². The minimum absolute atomic E-state index is 0.259. The maximum atomic E-state index is 11.3.